The molecule has 3 amide bonds. The van der Waals surface area contributed by atoms with Crippen molar-refractivity contribution in [2.75, 3.05) is 13.1 Å². The average Bonchev–Trinajstić information content (AvgIpc) is 2.45. The van der Waals surface area contributed by atoms with Crippen LogP contribution in [0.5, 0.6) is 0 Å². The fourth-order valence-electron chi connectivity index (χ4n) is 4.00. The first kappa shape index (κ1) is 19.8. The molecule has 0 aromatic carbocycles. The largest absolute Gasteiger partial charge is 0.351 e. The first-order chi connectivity index (χ1) is 10.5. The van der Waals surface area contributed by atoms with Crippen LogP contribution in [-0.2, 0) is 4.79 Å². The van der Waals surface area contributed by atoms with Gasteiger partial charge in [-0.15, -0.1) is 0 Å². The second kappa shape index (κ2) is 7.54. The molecule has 0 aliphatic carbocycles. The van der Waals surface area contributed by atoms with E-state index in [1.807, 2.05) is 32.6 Å². The molecule has 5 nitrogen and oxygen atoms in total. The van der Waals surface area contributed by atoms with Crippen molar-refractivity contribution in [2.24, 2.45) is 11.7 Å². The number of rotatable bonds is 6. The third kappa shape index (κ3) is 4.85. The fraction of sp³-hybridized carbons (Fsp3) is 0.889. The summed E-state index contributed by atoms with van der Waals surface area (Å²) >= 11 is 0. The molecule has 1 rings (SSSR count). The van der Waals surface area contributed by atoms with E-state index in [1.165, 1.54) is 12.8 Å². The van der Waals surface area contributed by atoms with Crippen LogP contribution in [0, 0.1) is 5.92 Å². The van der Waals surface area contributed by atoms with Gasteiger partial charge < -0.3 is 15.5 Å². The maximum absolute atomic E-state index is 12.8. The molecule has 2 N–H and O–H groups in total. The van der Waals surface area contributed by atoms with Gasteiger partial charge in [-0.1, -0.05) is 33.1 Å². The first-order valence-electron chi connectivity index (χ1n) is 8.92. The maximum Gasteiger partial charge on any atom is 0.315 e. The highest BCUT2D eigenvalue weighted by Crippen LogP contribution is 2.33. The summed E-state index contributed by atoms with van der Waals surface area (Å²) in [5, 5.41) is 0. The fourth-order valence-corrected chi connectivity index (χ4v) is 4.00. The summed E-state index contributed by atoms with van der Waals surface area (Å²) in [6.07, 6.45) is 4.93. The zero-order valence-electron chi connectivity index (χ0n) is 15.8. The maximum atomic E-state index is 12.8. The molecule has 1 aliphatic heterocycles. The van der Waals surface area contributed by atoms with E-state index >= 15 is 0 Å². The lowest BCUT2D eigenvalue weighted by Crippen LogP contribution is -2.61. The SMILES string of the molecule is CCCCC(CC)CN1CC(C)(C)N(C(N)=O)C(C)(C)CC1=O. The normalized spacial score (nSPS) is 21.9. The van der Waals surface area contributed by atoms with E-state index in [0.717, 1.165) is 19.4 Å². The van der Waals surface area contributed by atoms with Gasteiger partial charge in [0, 0.05) is 25.0 Å². The van der Waals surface area contributed by atoms with Crippen LogP contribution in [0.2, 0.25) is 0 Å². The van der Waals surface area contributed by atoms with Crippen LogP contribution in [-0.4, -0.2) is 45.9 Å². The number of nitrogens with zero attached hydrogens (tertiary/aromatic N) is 2. The second-order valence-corrected chi connectivity index (χ2v) is 8.17. The molecule has 5 heteroatoms. The molecule has 0 bridgehead atoms. The number of carbonyl (C=O) groups excluding carboxylic acids is 2. The van der Waals surface area contributed by atoms with Crippen LogP contribution < -0.4 is 5.73 Å². The summed E-state index contributed by atoms with van der Waals surface area (Å²) in [7, 11) is 0. The lowest BCUT2D eigenvalue weighted by molar-refractivity contribution is -0.132. The van der Waals surface area contributed by atoms with Crippen molar-refractivity contribution < 1.29 is 9.59 Å². The molecule has 1 fully saturated rings. The van der Waals surface area contributed by atoms with Gasteiger partial charge in [0.05, 0.1) is 5.54 Å². The minimum absolute atomic E-state index is 0.127. The van der Waals surface area contributed by atoms with Crippen LogP contribution in [0.3, 0.4) is 0 Å². The van der Waals surface area contributed by atoms with Crippen LogP contribution in [0.4, 0.5) is 4.79 Å². The quantitative estimate of drug-likeness (QED) is 0.813. The summed E-state index contributed by atoms with van der Waals surface area (Å²) in [5.74, 6) is 0.653. The van der Waals surface area contributed by atoms with Crippen LogP contribution >= 0.6 is 0 Å². The Labute approximate surface area is 141 Å². The highest BCUT2D eigenvalue weighted by Gasteiger charge is 2.46. The number of urea groups is 1. The van der Waals surface area contributed by atoms with Gasteiger partial charge in [0.2, 0.25) is 5.91 Å². The molecule has 0 saturated carbocycles. The summed E-state index contributed by atoms with van der Waals surface area (Å²) in [4.78, 5) is 28.4. The number of amides is 3. The molecular weight excluding hydrogens is 290 g/mol. The van der Waals surface area contributed by atoms with Crippen LogP contribution in [0.25, 0.3) is 0 Å². The third-order valence-electron chi connectivity index (χ3n) is 4.97. The molecule has 1 heterocycles. The molecule has 1 saturated heterocycles. The lowest BCUT2D eigenvalue weighted by atomic mass is 9.92. The minimum Gasteiger partial charge on any atom is -0.351 e. The van der Waals surface area contributed by atoms with Gasteiger partial charge >= 0.3 is 6.03 Å². The van der Waals surface area contributed by atoms with E-state index < -0.39 is 17.1 Å². The third-order valence-corrected chi connectivity index (χ3v) is 4.97. The molecular formula is C18H35N3O2. The Kier molecular flexibility index (Phi) is 6.49. The monoisotopic (exact) mass is 325 g/mol. The van der Waals surface area contributed by atoms with Gasteiger partial charge in [-0.05, 0) is 40.0 Å². The first-order valence-corrected chi connectivity index (χ1v) is 8.92. The van der Waals surface area contributed by atoms with Crippen LogP contribution in [0.15, 0.2) is 0 Å². The van der Waals surface area contributed by atoms with E-state index in [0.29, 0.717) is 18.9 Å². The minimum atomic E-state index is -0.563. The summed E-state index contributed by atoms with van der Waals surface area (Å²) < 4.78 is 0. The summed E-state index contributed by atoms with van der Waals surface area (Å²) in [5.41, 5.74) is 4.60. The van der Waals surface area contributed by atoms with E-state index in [-0.39, 0.29) is 5.91 Å². The Hall–Kier alpha value is -1.26. The molecule has 1 aliphatic rings. The average molecular weight is 325 g/mol. The second-order valence-electron chi connectivity index (χ2n) is 8.17. The van der Waals surface area contributed by atoms with Crippen molar-refractivity contribution in [1.82, 2.24) is 9.80 Å². The van der Waals surface area contributed by atoms with Gasteiger partial charge in [0.1, 0.15) is 0 Å². The van der Waals surface area contributed by atoms with E-state index in [2.05, 4.69) is 13.8 Å². The molecule has 0 aromatic rings. The predicted molar refractivity (Wildman–Crippen MR) is 94.1 cm³/mol. The molecule has 0 radical (unpaired) electrons. The summed E-state index contributed by atoms with van der Waals surface area (Å²) in [6.45, 7) is 13.6. The van der Waals surface area contributed by atoms with Gasteiger partial charge in [0.25, 0.3) is 0 Å². The number of carbonyl (C=O) groups is 2. The Balaban J connectivity index is 3.00. The van der Waals surface area contributed by atoms with Gasteiger partial charge in [0.15, 0.2) is 0 Å². The van der Waals surface area contributed by atoms with Crippen molar-refractivity contribution in [1.29, 1.82) is 0 Å². The Morgan fingerprint density at radius 1 is 1.22 bits per heavy atom. The molecule has 1 unspecified atom stereocenters. The number of primary amides is 1. The topological polar surface area (TPSA) is 66.6 Å². The van der Waals surface area contributed by atoms with Gasteiger partial charge in [-0.2, -0.15) is 0 Å². The molecule has 0 spiro atoms. The van der Waals surface area contributed by atoms with Crippen molar-refractivity contribution >= 4 is 11.9 Å². The van der Waals surface area contributed by atoms with Gasteiger partial charge in [-0.25, -0.2) is 4.79 Å². The van der Waals surface area contributed by atoms with Gasteiger partial charge in [-0.3, -0.25) is 4.79 Å². The molecule has 1 atom stereocenters. The highest BCUT2D eigenvalue weighted by molar-refractivity contribution is 5.81. The predicted octanol–water partition coefficient (Wildman–Crippen LogP) is 3.37. The van der Waals surface area contributed by atoms with Crippen molar-refractivity contribution in [3.05, 3.63) is 0 Å². The van der Waals surface area contributed by atoms with E-state index in [4.69, 9.17) is 5.73 Å². The lowest BCUT2D eigenvalue weighted by Gasteiger charge is -2.45. The zero-order chi connectivity index (χ0) is 17.8. The molecule has 0 aromatic heterocycles. The zero-order valence-corrected chi connectivity index (χ0v) is 15.8. The molecule has 134 valence electrons. The summed E-state index contributed by atoms with van der Waals surface area (Å²) in [6, 6.07) is -0.451. The number of unbranched alkanes of at least 4 members (excludes halogenated alkanes) is 1. The van der Waals surface area contributed by atoms with E-state index in [9.17, 15) is 9.59 Å². The number of nitrogens with two attached hydrogens (primary N) is 1. The molecule has 23 heavy (non-hydrogen) atoms. The number of hydrogen-bond donors (Lipinski definition) is 1. The smallest absolute Gasteiger partial charge is 0.315 e. The Morgan fingerprint density at radius 3 is 2.30 bits per heavy atom. The van der Waals surface area contributed by atoms with Crippen molar-refractivity contribution in [3.8, 4) is 0 Å². The highest BCUT2D eigenvalue weighted by atomic mass is 16.2. The number of hydrogen-bond acceptors (Lipinski definition) is 2. The van der Waals surface area contributed by atoms with Crippen LogP contribution in [0.1, 0.15) is 73.6 Å². The van der Waals surface area contributed by atoms with Crippen molar-refractivity contribution in [2.45, 2.75) is 84.7 Å². The van der Waals surface area contributed by atoms with Crippen molar-refractivity contribution in [3.63, 3.8) is 0 Å². The Morgan fingerprint density at radius 2 is 1.83 bits per heavy atom. The van der Waals surface area contributed by atoms with E-state index in [1.54, 1.807) is 4.90 Å². The Bertz CT molecular complexity index is 432. The standard InChI is InChI=1S/C18H35N3O2/c1-7-9-10-14(8-2)12-20-13-18(5,6)21(16(19)23)17(3,4)11-15(20)22/h14H,7-13H2,1-6H3,(H2,19,23).